The number of hydrogen-bond donors (Lipinski definition) is 1. The lowest BCUT2D eigenvalue weighted by atomic mass is 10.0. The number of carbonyl (C=O) groups is 1. The standard InChI is InChI=1S/C7H12N4O/c1-2-3-6(5-12)4-7-8-10-11-9-7/h5-6H,2-4H2,1H3,(H,8,9,10,11). The summed E-state index contributed by atoms with van der Waals surface area (Å²) < 4.78 is 0. The smallest absolute Gasteiger partial charge is 0.175 e. The van der Waals surface area contributed by atoms with Gasteiger partial charge in [0.05, 0.1) is 0 Å². The quantitative estimate of drug-likeness (QED) is 0.644. The Morgan fingerprint density at radius 3 is 3.00 bits per heavy atom. The molecule has 0 fully saturated rings. The van der Waals surface area contributed by atoms with Crippen LogP contribution in [-0.2, 0) is 11.2 Å². The van der Waals surface area contributed by atoms with Gasteiger partial charge in [0.15, 0.2) is 5.82 Å². The van der Waals surface area contributed by atoms with Gasteiger partial charge in [-0.15, -0.1) is 10.2 Å². The summed E-state index contributed by atoms with van der Waals surface area (Å²) in [6.45, 7) is 2.05. The minimum absolute atomic E-state index is 0.0348. The maximum absolute atomic E-state index is 10.5. The molecule has 0 amide bonds. The molecule has 1 N–H and O–H groups in total. The van der Waals surface area contributed by atoms with E-state index in [1.54, 1.807) is 0 Å². The molecule has 0 saturated carbocycles. The average Bonchev–Trinajstić information content (AvgIpc) is 2.56. The van der Waals surface area contributed by atoms with Crippen LogP contribution in [-0.4, -0.2) is 26.9 Å². The van der Waals surface area contributed by atoms with Crippen molar-refractivity contribution in [3.8, 4) is 0 Å². The summed E-state index contributed by atoms with van der Waals surface area (Å²) in [5, 5.41) is 13.3. The molecular weight excluding hydrogens is 156 g/mol. The maximum atomic E-state index is 10.5. The number of rotatable bonds is 5. The van der Waals surface area contributed by atoms with Gasteiger partial charge in [-0.2, -0.15) is 5.21 Å². The summed E-state index contributed by atoms with van der Waals surface area (Å²) in [5.41, 5.74) is 0. The summed E-state index contributed by atoms with van der Waals surface area (Å²) in [7, 11) is 0. The zero-order valence-corrected chi connectivity index (χ0v) is 7.03. The minimum Gasteiger partial charge on any atom is -0.303 e. The second-order valence-corrected chi connectivity index (χ2v) is 2.72. The minimum atomic E-state index is 0.0348. The second kappa shape index (κ2) is 4.58. The van der Waals surface area contributed by atoms with Crippen molar-refractivity contribution in [1.82, 2.24) is 20.6 Å². The number of nitrogens with zero attached hydrogens (tertiary/aromatic N) is 3. The van der Waals surface area contributed by atoms with Crippen molar-refractivity contribution in [2.75, 3.05) is 0 Å². The average molecular weight is 168 g/mol. The highest BCUT2D eigenvalue weighted by Crippen LogP contribution is 2.07. The second-order valence-electron chi connectivity index (χ2n) is 2.72. The van der Waals surface area contributed by atoms with E-state index < -0.39 is 0 Å². The predicted octanol–water partition coefficient (Wildman–Crippen LogP) is 0.357. The first kappa shape index (κ1) is 8.83. The molecule has 5 heteroatoms. The van der Waals surface area contributed by atoms with Gasteiger partial charge in [-0.25, -0.2) is 0 Å². The van der Waals surface area contributed by atoms with Crippen molar-refractivity contribution in [2.45, 2.75) is 26.2 Å². The van der Waals surface area contributed by atoms with E-state index in [-0.39, 0.29) is 5.92 Å². The highest BCUT2D eigenvalue weighted by atomic mass is 16.1. The summed E-state index contributed by atoms with van der Waals surface area (Å²) in [6.07, 6.45) is 3.44. The molecule has 0 aliphatic rings. The molecule has 1 rings (SSSR count). The fourth-order valence-corrected chi connectivity index (χ4v) is 1.09. The van der Waals surface area contributed by atoms with Crippen LogP contribution >= 0.6 is 0 Å². The first-order valence-electron chi connectivity index (χ1n) is 4.04. The number of tetrazole rings is 1. The number of nitrogens with one attached hydrogen (secondary N) is 1. The Kier molecular flexibility index (Phi) is 3.37. The van der Waals surface area contributed by atoms with Crippen LogP contribution in [0.5, 0.6) is 0 Å². The summed E-state index contributed by atoms with van der Waals surface area (Å²) in [4.78, 5) is 10.5. The van der Waals surface area contributed by atoms with Crippen molar-refractivity contribution >= 4 is 6.29 Å². The predicted molar refractivity (Wildman–Crippen MR) is 42.3 cm³/mol. The van der Waals surface area contributed by atoms with Crippen molar-refractivity contribution in [3.63, 3.8) is 0 Å². The number of aromatic nitrogens is 4. The Morgan fingerprint density at radius 1 is 1.67 bits per heavy atom. The molecule has 5 nitrogen and oxygen atoms in total. The molecule has 1 heterocycles. The van der Waals surface area contributed by atoms with Crippen LogP contribution in [0.25, 0.3) is 0 Å². The Balaban J connectivity index is 2.42. The van der Waals surface area contributed by atoms with Crippen LogP contribution in [0.4, 0.5) is 0 Å². The van der Waals surface area contributed by atoms with E-state index in [2.05, 4.69) is 20.6 Å². The topological polar surface area (TPSA) is 71.5 Å². The molecule has 12 heavy (non-hydrogen) atoms. The van der Waals surface area contributed by atoms with Crippen LogP contribution in [0.2, 0.25) is 0 Å². The molecule has 0 aliphatic heterocycles. The lowest BCUT2D eigenvalue weighted by molar-refractivity contribution is -0.111. The molecule has 0 spiro atoms. The highest BCUT2D eigenvalue weighted by Gasteiger charge is 2.09. The van der Waals surface area contributed by atoms with Gasteiger partial charge in [0.2, 0.25) is 0 Å². The number of carbonyl (C=O) groups excluding carboxylic acids is 1. The van der Waals surface area contributed by atoms with E-state index in [1.807, 2.05) is 6.92 Å². The van der Waals surface area contributed by atoms with E-state index in [0.29, 0.717) is 12.2 Å². The van der Waals surface area contributed by atoms with Gasteiger partial charge in [0, 0.05) is 12.3 Å². The Morgan fingerprint density at radius 2 is 2.50 bits per heavy atom. The molecular formula is C7H12N4O. The van der Waals surface area contributed by atoms with E-state index in [9.17, 15) is 4.79 Å². The Labute approximate surface area is 70.6 Å². The first-order valence-corrected chi connectivity index (χ1v) is 4.04. The van der Waals surface area contributed by atoms with Gasteiger partial charge >= 0.3 is 0 Å². The van der Waals surface area contributed by atoms with Crippen LogP contribution in [0.3, 0.4) is 0 Å². The van der Waals surface area contributed by atoms with Gasteiger partial charge in [-0.3, -0.25) is 0 Å². The lowest BCUT2D eigenvalue weighted by Crippen LogP contribution is -2.07. The third-order valence-electron chi connectivity index (χ3n) is 1.69. The van der Waals surface area contributed by atoms with E-state index in [4.69, 9.17) is 0 Å². The van der Waals surface area contributed by atoms with Gasteiger partial charge in [-0.05, 0) is 6.42 Å². The van der Waals surface area contributed by atoms with Crippen molar-refractivity contribution in [2.24, 2.45) is 5.92 Å². The first-order chi connectivity index (χ1) is 5.86. The molecule has 0 aromatic carbocycles. The van der Waals surface area contributed by atoms with Gasteiger partial charge in [0.1, 0.15) is 6.29 Å². The number of hydrogen-bond acceptors (Lipinski definition) is 4. The number of H-pyrrole nitrogens is 1. The number of aromatic amines is 1. The van der Waals surface area contributed by atoms with Crippen LogP contribution in [0, 0.1) is 5.92 Å². The van der Waals surface area contributed by atoms with Gasteiger partial charge in [-0.1, -0.05) is 18.6 Å². The number of aldehydes is 1. The largest absolute Gasteiger partial charge is 0.303 e. The zero-order chi connectivity index (χ0) is 8.81. The molecule has 1 aromatic heterocycles. The molecule has 1 aromatic rings. The molecule has 66 valence electrons. The Hall–Kier alpha value is -1.26. The van der Waals surface area contributed by atoms with Crippen molar-refractivity contribution in [1.29, 1.82) is 0 Å². The Bertz CT molecular complexity index is 221. The fourth-order valence-electron chi connectivity index (χ4n) is 1.09. The highest BCUT2D eigenvalue weighted by molar-refractivity contribution is 5.53. The molecule has 0 saturated heterocycles. The van der Waals surface area contributed by atoms with Gasteiger partial charge < -0.3 is 4.79 Å². The zero-order valence-electron chi connectivity index (χ0n) is 7.03. The summed E-state index contributed by atoms with van der Waals surface area (Å²) >= 11 is 0. The van der Waals surface area contributed by atoms with Crippen LogP contribution < -0.4 is 0 Å². The molecule has 0 radical (unpaired) electrons. The molecule has 1 unspecified atom stereocenters. The van der Waals surface area contributed by atoms with Crippen LogP contribution in [0.1, 0.15) is 25.6 Å². The molecule has 0 bridgehead atoms. The fraction of sp³-hybridized carbons (Fsp3) is 0.714. The summed E-state index contributed by atoms with van der Waals surface area (Å²) in [5.74, 6) is 0.646. The molecule has 1 atom stereocenters. The van der Waals surface area contributed by atoms with Crippen molar-refractivity contribution in [3.05, 3.63) is 5.82 Å². The van der Waals surface area contributed by atoms with E-state index in [1.165, 1.54) is 0 Å². The summed E-state index contributed by atoms with van der Waals surface area (Å²) in [6, 6.07) is 0. The normalized spacial score (nSPS) is 12.8. The van der Waals surface area contributed by atoms with E-state index >= 15 is 0 Å². The monoisotopic (exact) mass is 168 g/mol. The maximum Gasteiger partial charge on any atom is 0.175 e. The van der Waals surface area contributed by atoms with Crippen molar-refractivity contribution < 1.29 is 4.79 Å². The van der Waals surface area contributed by atoms with Gasteiger partial charge in [0.25, 0.3) is 0 Å². The lowest BCUT2D eigenvalue weighted by Gasteiger charge is -2.03. The third-order valence-corrected chi connectivity index (χ3v) is 1.69. The SMILES string of the molecule is CCCC(C=O)Cc1nn[nH]n1. The van der Waals surface area contributed by atoms with E-state index in [0.717, 1.165) is 19.1 Å². The molecule has 0 aliphatic carbocycles. The van der Waals surface area contributed by atoms with Crippen LogP contribution in [0.15, 0.2) is 0 Å². The third kappa shape index (κ3) is 2.41.